The molecule has 3 heterocycles. The van der Waals surface area contributed by atoms with Gasteiger partial charge in [0.05, 0.1) is 5.02 Å². The quantitative estimate of drug-likeness (QED) is 0.685. The third-order valence-electron chi connectivity index (χ3n) is 5.30. The van der Waals surface area contributed by atoms with E-state index in [0.29, 0.717) is 27.6 Å². The molecule has 150 valence electrons. The number of carbonyl (C=O) groups excluding carboxylic acids is 1. The van der Waals surface area contributed by atoms with Crippen LogP contribution in [0.15, 0.2) is 53.3 Å². The Kier molecular flexibility index (Phi) is 5.92. The van der Waals surface area contributed by atoms with Gasteiger partial charge in [0.25, 0.3) is 5.91 Å². The molecular formula is C22H23ClN4O2. The standard InChI is InChI=1S/C22H23ClN4O2/c1-15-20(21(26-29-15)18-4-2-3-5-19(18)23)22(28)25-17-8-12-27(13-9-17)14-16-6-10-24-11-7-16/h2-7,10-11,17H,8-9,12-14H2,1H3,(H,25,28). The fraction of sp³-hybridized carbons (Fsp3) is 0.318. The highest BCUT2D eigenvalue weighted by Crippen LogP contribution is 2.31. The van der Waals surface area contributed by atoms with Crippen LogP contribution in [0.5, 0.6) is 0 Å². The van der Waals surface area contributed by atoms with Crippen molar-refractivity contribution in [2.45, 2.75) is 32.4 Å². The molecule has 29 heavy (non-hydrogen) atoms. The molecule has 0 spiro atoms. The molecule has 0 atom stereocenters. The first-order valence-corrected chi connectivity index (χ1v) is 10.1. The zero-order chi connectivity index (χ0) is 20.2. The number of hydrogen-bond donors (Lipinski definition) is 1. The van der Waals surface area contributed by atoms with Crippen LogP contribution < -0.4 is 5.32 Å². The molecule has 1 saturated heterocycles. The van der Waals surface area contributed by atoms with Gasteiger partial charge in [-0.3, -0.25) is 14.7 Å². The summed E-state index contributed by atoms with van der Waals surface area (Å²) in [5, 5.41) is 7.78. The van der Waals surface area contributed by atoms with Crippen molar-refractivity contribution in [2.75, 3.05) is 13.1 Å². The molecule has 0 radical (unpaired) electrons. The highest BCUT2D eigenvalue weighted by molar-refractivity contribution is 6.33. The van der Waals surface area contributed by atoms with Gasteiger partial charge in [0.15, 0.2) is 0 Å². The third-order valence-corrected chi connectivity index (χ3v) is 5.63. The van der Waals surface area contributed by atoms with Gasteiger partial charge in [-0.1, -0.05) is 35.0 Å². The molecule has 1 N–H and O–H groups in total. The Morgan fingerprint density at radius 3 is 2.66 bits per heavy atom. The van der Waals surface area contributed by atoms with Crippen molar-refractivity contribution >= 4 is 17.5 Å². The normalized spacial score (nSPS) is 15.4. The number of piperidine rings is 1. The van der Waals surface area contributed by atoms with E-state index < -0.39 is 0 Å². The van der Waals surface area contributed by atoms with Crippen LogP contribution in [0, 0.1) is 6.92 Å². The molecule has 6 nitrogen and oxygen atoms in total. The average molecular weight is 411 g/mol. The van der Waals surface area contributed by atoms with Crippen molar-refractivity contribution in [3.05, 3.63) is 70.7 Å². The van der Waals surface area contributed by atoms with Crippen molar-refractivity contribution in [3.8, 4) is 11.3 Å². The predicted molar refractivity (Wildman–Crippen MR) is 112 cm³/mol. The number of aromatic nitrogens is 2. The monoisotopic (exact) mass is 410 g/mol. The van der Waals surface area contributed by atoms with Gasteiger partial charge in [-0.2, -0.15) is 0 Å². The largest absolute Gasteiger partial charge is 0.360 e. The van der Waals surface area contributed by atoms with Gasteiger partial charge >= 0.3 is 0 Å². The number of carbonyl (C=O) groups is 1. The van der Waals surface area contributed by atoms with E-state index in [1.165, 1.54) is 5.56 Å². The van der Waals surface area contributed by atoms with Crippen LogP contribution in [0.25, 0.3) is 11.3 Å². The first kappa shape index (κ1) is 19.6. The lowest BCUT2D eigenvalue weighted by Gasteiger charge is -2.32. The zero-order valence-electron chi connectivity index (χ0n) is 16.3. The van der Waals surface area contributed by atoms with E-state index in [0.717, 1.165) is 32.5 Å². The average Bonchev–Trinajstić information content (AvgIpc) is 3.12. The van der Waals surface area contributed by atoms with E-state index in [-0.39, 0.29) is 11.9 Å². The Bertz CT molecular complexity index is 981. The minimum Gasteiger partial charge on any atom is -0.360 e. The molecule has 1 fully saturated rings. The lowest BCUT2D eigenvalue weighted by molar-refractivity contribution is 0.0908. The van der Waals surface area contributed by atoms with E-state index in [9.17, 15) is 4.79 Å². The van der Waals surface area contributed by atoms with Gasteiger partial charge in [0.1, 0.15) is 17.0 Å². The summed E-state index contributed by atoms with van der Waals surface area (Å²) >= 11 is 6.30. The molecule has 1 amide bonds. The molecule has 1 aliphatic rings. The van der Waals surface area contributed by atoms with Crippen LogP contribution in [-0.4, -0.2) is 40.1 Å². The first-order valence-electron chi connectivity index (χ1n) is 9.75. The lowest BCUT2D eigenvalue weighted by Crippen LogP contribution is -2.44. The molecule has 3 aromatic rings. The Morgan fingerprint density at radius 1 is 1.21 bits per heavy atom. The molecule has 7 heteroatoms. The van der Waals surface area contributed by atoms with Crippen molar-refractivity contribution in [3.63, 3.8) is 0 Å². The number of nitrogens with zero attached hydrogens (tertiary/aromatic N) is 3. The third kappa shape index (κ3) is 4.49. The highest BCUT2D eigenvalue weighted by atomic mass is 35.5. The van der Waals surface area contributed by atoms with E-state index in [4.69, 9.17) is 16.1 Å². The number of benzene rings is 1. The number of halogens is 1. The lowest BCUT2D eigenvalue weighted by atomic mass is 10.0. The van der Waals surface area contributed by atoms with Crippen molar-refractivity contribution < 1.29 is 9.32 Å². The number of aryl methyl sites for hydroxylation is 1. The first-order chi connectivity index (χ1) is 14.1. The van der Waals surface area contributed by atoms with Gasteiger partial charge < -0.3 is 9.84 Å². The van der Waals surface area contributed by atoms with Crippen molar-refractivity contribution in [2.24, 2.45) is 0 Å². The molecule has 0 bridgehead atoms. The maximum atomic E-state index is 13.0. The molecule has 0 saturated carbocycles. The Morgan fingerprint density at radius 2 is 1.93 bits per heavy atom. The van der Waals surface area contributed by atoms with Crippen molar-refractivity contribution in [1.29, 1.82) is 0 Å². The Labute approximate surface area is 174 Å². The SMILES string of the molecule is Cc1onc(-c2ccccc2Cl)c1C(=O)NC1CCN(Cc2ccncc2)CC1. The zero-order valence-corrected chi connectivity index (χ0v) is 17.0. The summed E-state index contributed by atoms with van der Waals surface area (Å²) in [5.41, 5.74) is 2.90. The Hall–Kier alpha value is -2.70. The molecule has 2 aromatic heterocycles. The van der Waals surface area contributed by atoms with E-state index in [1.807, 2.05) is 42.7 Å². The second-order valence-electron chi connectivity index (χ2n) is 7.32. The smallest absolute Gasteiger partial charge is 0.257 e. The van der Waals surface area contributed by atoms with Crippen LogP contribution in [-0.2, 0) is 6.54 Å². The van der Waals surface area contributed by atoms with Crippen LogP contribution in [0.1, 0.15) is 34.5 Å². The van der Waals surface area contributed by atoms with Crippen LogP contribution >= 0.6 is 11.6 Å². The van der Waals surface area contributed by atoms with Gasteiger partial charge in [-0.25, -0.2) is 0 Å². The summed E-state index contributed by atoms with van der Waals surface area (Å²) in [6, 6.07) is 11.5. The number of amides is 1. The van der Waals surface area contributed by atoms with Crippen LogP contribution in [0.3, 0.4) is 0 Å². The molecule has 1 aromatic carbocycles. The molecule has 0 aliphatic carbocycles. The topological polar surface area (TPSA) is 71.3 Å². The maximum absolute atomic E-state index is 13.0. The summed E-state index contributed by atoms with van der Waals surface area (Å²) in [5.74, 6) is 0.332. The van der Waals surface area contributed by atoms with Gasteiger partial charge in [0.2, 0.25) is 0 Å². The van der Waals surface area contributed by atoms with Crippen LogP contribution in [0.4, 0.5) is 0 Å². The van der Waals surface area contributed by atoms with Crippen LogP contribution in [0.2, 0.25) is 5.02 Å². The van der Waals surface area contributed by atoms with E-state index in [1.54, 1.807) is 13.0 Å². The summed E-state index contributed by atoms with van der Waals surface area (Å²) in [6.45, 7) is 4.53. The molecule has 0 unspecified atom stereocenters. The predicted octanol–water partition coefficient (Wildman–Crippen LogP) is 4.09. The van der Waals surface area contributed by atoms with E-state index in [2.05, 4.69) is 20.4 Å². The fourth-order valence-electron chi connectivity index (χ4n) is 3.72. The van der Waals surface area contributed by atoms with Gasteiger partial charge in [-0.05, 0) is 43.5 Å². The Balaban J connectivity index is 1.40. The fourth-order valence-corrected chi connectivity index (χ4v) is 3.94. The summed E-state index contributed by atoms with van der Waals surface area (Å²) in [6.07, 6.45) is 5.45. The van der Waals surface area contributed by atoms with Gasteiger partial charge in [0, 0.05) is 43.6 Å². The second-order valence-corrected chi connectivity index (χ2v) is 7.73. The molecular weight excluding hydrogens is 388 g/mol. The van der Waals surface area contributed by atoms with Crippen molar-refractivity contribution in [1.82, 2.24) is 20.4 Å². The summed E-state index contributed by atoms with van der Waals surface area (Å²) in [7, 11) is 0. The second kappa shape index (κ2) is 8.76. The number of nitrogens with one attached hydrogen (secondary N) is 1. The van der Waals surface area contributed by atoms with E-state index >= 15 is 0 Å². The summed E-state index contributed by atoms with van der Waals surface area (Å²) < 4.78 is 5.32. The number of rotatable bonds is 5. The number of pyridine rings is 1. The minimum atomic E-state index is -0.161. The molecule has 1 aliphatic heterocycles. The highest BCUT2D eigenvalue weighted by Gasteiger charge is 2.26. The summed E-state index contributed by atoms with van der Waals surface area (Å²) in [4.78, 5) is 19.5. The number of likely N-dealkylation sites (tertiary alicyclic amines) is 1. The molecule has 4 rings (SSSR count). The number of hydrogen-bond acceptors (Lipinski definition) is 5. The maximum Gasteiger partial charge on any atom is 0.257 e. The minimum absolute atomic E-state index is 0.129. The van der Waals surface area contributed by atoms with Gasteiger partial charge in [-0.15, -0.1) is 0 Å².